The molecule has 1 aromatic carbocycles. The van der Waals surface area contributed by atoms with Crippen LogP contribution in [0, 0.1) is 6.92 Å². The minimum atomic E-state index is -0.926. The number of halogens is 2. The van der Waals surface area contributed by atoms with Gasteiger partial charge in [0.05, 0.1) is 12.0 Å². The summed E-state index contributed by atoms with van der Waals surface area (Å²) in [5.74, 6) is 0.0205. The fraction of sp³-hybridized carbons (Fsp3) is 0.400. The molecule has 0 aromatic heterocycles. The van der Waals surface area contributed by atoms with E-state index in [2.05, 4.69) is 15.9 Å². The second-order valence-corrected chi connectivity index (χ2v) is 4.34. The fourth-order valence-electron chi connectivity index (χ4n) is 1.10. The van der Waals surface area contributed by atoms with E-state index in [1.165, 1.54) is 0 Å². The minimum absolute atomic E-state index is 0.0205. The Bertz CT molecular complexity index is 317. The monoisotopic (exact) mass is 278 g/mol. The van der Waals surface area contributed by atoms with Gasteiger partial charge in [0.1, 0.15) is 6.10 Å². The molecule has 0 saturated carbocycles. The summed E-state index contributed by atoms with van der Waals surface area (Å²) in [6.45, 7) is 1.96. The molecule has 0 aliphatic rings. The van der Waals surface area contributed by atoms with Crippen molar-refractivity contribution >= 4 is 27.5 Å². The predicted molar refractivity (Wildman–Crippen MR) is 60.6 cm³/mol. The molecule has 14 heavy (non-hydrogen) atoms. The summed E-state index contributed by atoms with van der Waals surface area (Å²) in [7, 11) is 0. The second kappa shape index (κ2) is 5.12. The van der Waals surface area contributed by atoms with Gasteiger partial charge in [-0.1, -0.05) is 28.1 Å². The van der Waals surface area contributed by atoms with E-state index >= 15 is 0 Å². The van der Waals surface area contributed by atoms with Gasteiger partial charge in [-0.05, 0) is 24.1 Å². The summed E-state index contributed by atoms with van der Waals surface area (Å²) >= 11 is 8.81. The van der Waals surface area contributed by atoms with Crippen molar-refractivity contribution in [3.05, 3.63) is 33.8 Å². The number of aryl methyl sites for hydroxylation is 1. The van der Waals surface area contributed by atoms with Gasteiger partial charge in [-0.15, -0.1) is 11.6 Å². The average Bonchev–Trinajstić information content (AvgIpc) is 2.20. The van der Waals surface area contributed by atoms with Crippen LogP contribution in [0.2, 0.25) is 0 Å². The Hall–Kier alpha value is -0.0900. The topological polar surface area (TPSA) is 40.5 Å². The maximum atomic E-state index is 9.65. The SMILES string of the molecule is Cc1ccc(C(O)C(O)CCl)cc1Br. The highest BCUT2D eigenvalue weighted by molar-refractivity contribution is 9.10. The van der Waals surface area contributed by atoms with Crippen molar-refractivity contribution in [2.45, 2.75) is 19.1 Å². The highest BCUT2D eigenvalue weighted by atomic mass is 79.9. The number of aliphatic hydroxyl groups excluding tert-OH is 2. The van der Waals surface area contributed by atoms with E-state index in [4.69, 9.17) is 11.6 Å². The molecule has 2 unspecified atom stereocenters. The van der Waals surface area contributed by atoms with Crippen molar-refractivity contribution in [1.29, 1.82) is 0 Å². The molecule has 4 heteroatoms. The zero-order valence-electron chi connectivity index (χ0n) is 7.74. The molecule has 0 radical (unpaired) electrons. The quantitative estimate of drug-likeness (QED) is 0.834. The molecule has 0 aliphatic carbocycles. The maximum absolute atomic E-state index is 9.65. The van der Waals surface area contributed by atoms with Crippen LogP contribution >= 0.6 is 27.5 Å². The standard InChI is InChI=1S/C10H12BrClO2/c1-6-2-3-7(4-8(6)11)10(14)9(13)5-12/h2-4,9-10,13-14H,5H2,1H3. The Morgan fingerprint density at radius 1 is 1.43 bits per heavy atom. The maximum Gasteiger partial charge on any atom is 0.106 e. The first-order valence-electron chi connectivity index (χ1n) is 4.24. The molecule has 0 heterocycles. The van der Waals surface area contributed by atoms with Crippen LogP contribution in [0.15, 0.2) is 22.7 Å². The van der Waals surface area contributed by atoms with E-state index in [9.17, 15) is 10.2 Å². The van der Waals surface area contributed by atoms with Crippen molar-refractivity contribution in [2.24, 2.45) is 0 Å². The summed E-state index contributed by atoms with van der Waals surface area (Å²) in [5, 5.41) is 19.0. The van der Waals surface area contributed by atoms with E-state index in [1.54, 1.807) is 12.1 Å². The minimum Gasteiger partial charge on any atom is -0.389 e. The number of aliphatic hydroxyl groups is 2. The largest absolute Gasteiger partial charge is 0.389 e. The molecule has 0 bridgehead atoms. The lowest BCUT2D eigenvalue weighted by atomic mass is 10.0. The summed E-state index contributed by atoms with van der Waals surface area (Å²) in [4.78, 5) is 0. The van der Waals surface area contributed by atoms with Crippen molar-refractivity contribution in [2.75, 3.05) is 5.88 Å². The van der Waals surface area contributed by atoms with Crippen LogP contribution in [0.25, 0.3) is 0 Å². The van der Waals surface area contributed by atoms with Crippen molar-refractivity contribution in [1.82, 2.24) is 0 Å². The molecule has 1 rings (SSSR count). The average molecular weight is 280 g/mol. The zero-order chi connectivity index (χ0) is 10.7. The van der Waals surface area contributed by atoms with Crippen molar-refractivity contribution < 1.29 is 10.2 Å². The first kappa shape index (κ1) is 12.0. The highest BCUT2D eigenvalue weighted by Crippen LogP contribution is 2.24. The van der Waals surface area contributed by atoms with Gasteiger partial charge < -0.3 is 10.2 Å². The third-order valence-corrected chi connectivity index (χ3v) is 3.23. The van der Waals surface area contributed by atoms with E-state index in [0.29, 0.717) is 5.56 Å². The molecular formula is C10H12BrClO2. The van der Waals surface area contributed by atoms with E-state index < -0.39 is 12.2 Å². The van der Waals surface area contributed by atoms with Crippen molar-refractivity contribution in [3.63, 3.8) is 0 Å². The number of alkyl halides is 1. The molecule has 0 spiro atoms. The third kappa shape index (κ3) is 2.70. The lowest BCUT2D eigenvalue weighted by Gasteiger charge is -2.16. The molecule has 2 nitrogen and oxygen atoms in total. The highest BCUT2D eigenvalue weighted by Gasteiger charge is 2.17. The smallest absolute Gasteiger partial charge is 0.106 e. The molecule has 0 amide bonds. The van der Waals surface area contributed by atoms with Crippen molar-refractivity contribution in [3.8, 4) is 0 Å². The Morgan fingerprint density at radius 3 is 2.57 bits per heavy atom. The van der Waals surface area contributed by atoms with Gasteiger partial charge in [0.25, 0.3) is 0 Å². The van der Waals surface area contributed by atoms with Gasteiger partial charge in [0.15, 0.2) is 0 Å². The Labute approximate surface area is 96.7 Å². The van der Waals surface area contributed by atoms with Crippen LogP contribution in [-0.4, -0.2) is 22.2 Å². The first-order valence-corrected chi connectivity index (χ1v) is 5.57. The summed E-state index contributed by atoms with van der Waals surface area (Å²) in [6, 6.07) is 5.44. The van der Waals surface area contributed by atoms with Gasteiger partial charge >= 0.3 is 0 Å². The lowest BCUT2D eigenvalue weighted by Crippen LogP contribution is -2.19. The normalized spacial score (nSPS) is 15.2. The van der Waals surface area contributed by atoms with Gasteiger partial charge in [0, 0.05) is 4.47 Å². The second-order valence-electron chi connectivity index (χ2n) is 3.18. The van der Waals surface area contributed by atoms with E-state index in [0.717, 1.165) is 10.0 Å². The summed E-state index contributed by atoms with van der Waals surface area (Å²) in [6.07, 6.45) is -1.85. The van der Waals surface area contributed by atoms with Crippen LogP contribution in [0.5, 0.6) is 0 Å². The molecule has 0 fully saturated rings. The van der Waals surface area contributed by atoms with Crippen LogP contribution in [-0.2, 0) is 0 Å². The Kier molecular flexibility index (Phi) is 4.38. The zero-order valence-corrected chi connectivity index (χ0v) is 10.1. The molecule has 0 aliphatic heterocycles. The molecule has 0 saturated heterocycles. The molecule has 78 valence electrons. The lowest BCUT2D eigenvalue weighted by molar-refractivity contribution is 0.0327. The fourth-order valence-corrected chi connectivity index (χ4v) is 1.66. The van der Waals surface area contributed by atoms with Gasteiger partial charge in [-0.2, -0.15) is 0 Å². The van der Waals surface area contributed by atoms with E-state index in [-0.39, 0.29) is 5.88 Å². The molecule has 1 aromatic rings. The third-order valence-electron chi connectivity index (χ3n) is 2.06. The number of rotatable bonds is 3. The first-order chi connectivity index (χ1) is 6.56. The predicted octanol–water partition coefficient (Wildman–Crippen LogP) is 2.39. The molecule has 2 N–H and O–H groups in total. The number of hydrogen-bond donors (Lipinski definition) is 2. The van der Waals surface area contributed by atoms with Gasteiger partial charge in [-0.25, -0.2) is 0 Å². The van der Waals surface area contributed by atoms with Gasteiger partial charge in [0.2, 0.25) is 0 Å². The molecule has 2 atom stereocenters. The summed E-state index contributed by atoms with van der Waals surface area (Å²) in [5.41, 5.74) is 1.75. The Morgan fingerprint density at radius 2 is 2.07 bits per heavy atom. The van der Waals surface area contributed by atoms with Crippen LogP contribution in [0.4, 0.5) is 0 Å². The molecular weight excluding hydrogens is 267 g/mol. The van der Waals surface area contributed by atoms with Crippen LogP contribution in [0.1, 0.15) is 17.2 Å². The van der Waals surface area contributed by atoms with Crippen LogP contribution in [0.3, 0.4) is 0 Å². The van der Waals surface area contributed by atoms with Crippen LogP contribution < -0.4 is 0 Å². The number of benzene rings is 1. The Balaban J connectivity index is 2.91. The van der Waals surface area contributed by atoms with Gasteiger partial charge in [-0.3, -0.25) is 0 Å². The number of hydrogen-bond acceptors (Lipinski definition) is 2. The summed E-state index contributed by atoms with van der Waals surface area (Å²) < 4.78 is 0.913. The van der Waals surface area contributed by atoms with E-state index in [1.807, 2.05) is 13.0 Å².